The largest absolute Gasteiger partial charge is 0.472 e. The van der Waals surface area contributed by atoms with Gasteiger partial charge in [0.05, 0.1) is 26.4 Å². The number of carbonyl (C=O) groups excluding carboxylic acids is 4. The quantitative estimate of drug-likeness (QED) is 0.0222. The molecule has 516 valence electrons. The molecule has 0 spiro atoms. The Kier molecular flexibility index (Phi) is 60.2. The number of hydrogen-bond acceptors (Lipinski definition) is 15. The molecule has 6 atom stereocenters. The standard InChI is InChI=1S/C68H132O17P2/c1-6-10-13-16-19-21-23-25-27-28-30-32-34-37-43-48-53-67(72)84-63(58-79-66(71)52-47-42-36-33-31-29-26-24-22-20-17-14-11-7-2)59-82-86(74,75)80-55-62(69)56-81-87(76,77)83-60-64(57-78-65(70)51-46-41-35-18-15-12-8-3)85-68(73)54-49-44-39-38-40-45-50-61(5)9-4/h61-64,69H,6-60H2,1-5H3,(H,74,75)(H,76,77)/t61?,62-,63-,64-/m1/s1. The molecule has 0 aliphatic carbocycles. The second-order valence-electron chi connectivity index (χ2n) is 24.8. The summed E-state index contributed by atoms with van der Waals surface area (Å²) in [5.74, 6) is -1.41. The van der Waals surface area contributed by atoms with E-state index in [0.29, 0.717) is 25.7 Å². The van der Waals surface area contributed by atoms with Gasteiger partial charge < -0.3 is 33.8 Å². The highest BCUT2D eigenvalue weighted by molar-refractivity contribution is 7.47. The van der Waals surface area contributed by atoms with Gasteiger partial charge in [-0.1, -0.05) is 298 Å². The van der Waals surface area contributed by atoms with Crippen LogP contribution in [0.5, 0.6) is 0 Å². The van der Waals surface area contributed by atoms with Crippen molar-refractivity contribution in [1.29, 1.82) is 0 Å². The molecule has 0 heterocycles. The molecule has 19 heteroatoms. The van der Waals surface area contributed by atoms with Gasteiger partial charge >= 0.3 is 39.5 Å². The zero-order valence-corrected chi connectivity index (χ0v) is 57.9. The van der Waals surface area contributed by atoms with Crippen LogP contribution in [0.1, 0.15) is 349 Å². The molecule has 0 bridgehead atoms. The molecule has 0 radical (unpaired) electrons. The fourth-order valence-corrected chi connectivity index (χ4v) is 11.8. The summed E-state index contributed by atoms with van der Waals surface area (Å²) in [6.45, 7) is 7.15. The van der Waals surface area contributed by atoms with Crippen molar-refractivity contribution in [3.05, 3.63) is 0 Å². The SMILES string of the molecule is CCCCCCCCCCCCCCCCCCC(=O)O[C@H](COC(=O)CCCCCCCCCCCCCCCC)COP(=O)(O)OC[C@@H](O)COP(=O)(O)OC[C@@H](COC(=O)CCCCCCCCC)OC(=O)CCCCCCCCC(C)CC. The van der Waals surface area contributed by atoms with Crippen LogP contribution in [0.25, 0.3) is 0 Å². The number of hydrogen-bond donors (Lipinski definition) is 3. The van der Waals surface area contributed by atoms with E-state index in [0.717, 1.165) is 109 Å². The Morgan fingerprint density at radius 1 is 0.322 bits per heavy atom. The zero-order chi connectivity index (χ0) is 64.2. The summed E-state index contributed by atoms with van der Waals surface area (Å²) in [6.07, 6.45) is 47.3. The summed E-state index contributed by atoms with van der Waals surface area (Å²) >= 11 is 0. The number of aliphatic hydroxyl groups is 1. The van der Waals surface area contributed by atoms with E-state index in [-0.39, 0.29) is 25.7 Å². The first-order valence-electron chi connectivity index (χ1n) is 35.7. The zero-order valence-electron chi connectivity index (χ0n) is 56.2. The maximum absolute atomic E-state index is 13.0. The second kappa shape index (κ2) is 61.6. The molecule has 0 rings (SSSR count). The van der Waals surface area contributed by atoms with E-state index in [1.807, 2.05) is 0 Å². The molecule has 3 unspecified atom stereocenters. The minimum atomic E-state index is -4.95. The number of aliphatic hydroxyl groups excluding tert-OH is 1. The monoisotopic (exact) mass is 1280 g/mol. The molecule has 0 aromatic heterocycles. The lowest BCUT2D eigenvalue weighted by Crippen LogP contribution is -2.30. The lowest BCUT2D eigenvalue weighted by molar-refractivity contribution is -0.161. The van der Waals surface area contributed by atoms with Crippen molar-refractivity contribution in [2.45, 2.75) is 368 Å². The van der Waals surface area contributed by atoms with Gasteiger partial charge in [-0.05, 0) is 31.6 Å². The van der Waals surface area contributed by atoms with E-state index in [1.54, 1.807) is 0 Å². The second-order valence-corrected chi connectivity index (χ2v) is 27.7. The Hall–Kier alpha value is -1.94. The Balaban J connectivity index is 5.21. The van der Waals surface area contributed by atoms with E-state index in [1.165, 1.54) is 161 Å². The van der Waals surface area contributed by atoms with E-state index in [9.17, 15) is 43.2 Å². The molecule has 0 saturated heterocycles. The van der Waals surface area contributed by atoms with Crippen molar-refractivity contribution in [2.75, 3.05) is 39.6 Å². The molecule has 0 aliphatic heterocycles. The average Bonchev–Trinajstić information content (AvgIpc) is 3.71. The van der Waals surface area contributed by atoms with Gasteiger partial charge in [0.15, 0.2) is 12.2 Å². The summed E-state index contributed by atoms with van der Waals surface area (Å²) in [6, 6.07) is 0. The lowest BCUT2D eigenvalue weighted by Gasteiger charge is -2.21. The van der Waals surface area contributed by atoms with Crippen LogP contribution in [-0.4, -0.2) is 96.7 Å². The first-order valence-corrected chi connectivity index (χ1v) is 38.7. The summed E-state index contributed by atoms with van der Waals surface area (Å²) in [5.41, 5.74) is 0. The van der Waals surface area contributed by atoms with Gasteiger partial charge in [-0.2, -0.15) is 0 Å². The van der Waals surface area contributed by atoms with Crippen LogP contribution in [0.3, 0.4) is 0 Å². The minimum Gasteiger partial charge on any atom is -0.462 e. The molecule has 3 N–H and O–H groups in total. The summed E-state index contributed by atoms with van der Waals surface area (Å²) < 4.78 is 68.1. The Morgan fingerprint density at radius 2 is 0.552 bits per heavy atom. The molecule has 0 aromatic rings. The maximum Gasteiger partial charge on any atom is 0.472 e. The first-order chi connectivity index (χ1) is 42.1. The van der Waals surface area contributed by atoms with Gasteiger partial charge in [0, 0.05) is 25.7 Å². The van der Waals surface area contributed by atoms with Gasteiger partial charge in [0.25, 0.3) is 0 Å². The number of rotatable bonds is 68. The van der Waals surface area contributed by atoms with Gasteiger partial charge in [-0.15, -0.1) is 0 Å². The number of unbranched alkanes of at least 4 members (excludes halogenated alkanes) is 39. The minimum absolute atomic E-state index is 0.103. The topological polar surface area (TPSA) is 237 Å². The maximum atomic E-state index is 13.0. The summed E-state index contributed by atoms with van der Waals surface area (Å²) in [4.78, 5) is 72.3. The number of ether oxygens (including phenoxy) is 4. The van der Waals surface area contributed by atoms with Gasteiger partial charge in [-0.3, -0.25) is 37.3 Å². The molecule has 0 saturated carbocycles. The van der Waals surface area contributed by atoms with Gasteiger partial charge in [-0.25, -0.2) is 9.13 Å². The van der Waals surface area contributed by atoms with Crippen LogP contribution in [-0.2, 0) is 65.4 Å². The molecule has 0 aliphatic rings. The highest BCUT2D eigenvalue weighted by atomic mass is 31.2. The fourth-order valence-electron chi connectivity index (χ4n) is 10.3. The van der Waals surface area contributed by atoms with E-state index in [4.69, 9.17) is 37.0 Å². The number of esters is 4. The van der Waals surface area contributed by atoms with Crippen molar-refractivity contribution in [2.24, 2.45) is 5.92 Å². The molecular formula is C68H132O17P2. The van der Waals surface area contributed by atoms with Crippen LogP contribution < -0.4 is 0 Å². The third-order valence-electron chi connectivity index (χ3n) is 16.1. The summed E-state index contributed by atoms with van der Waals surface area (Å²) in [5, 5.41) is 10.6. The Morgan fingerprint density at radius 3 is 0.816 bits per heavy atom. The smallest absolute Gasteiger partial charge is 0.462 e. The third kappa shape index (κ3) is 61.3. The van der Waals surface area contributed by atoms with Crippen molar-refractivity contribution in [3.8, 4) is 0 Å². The van der Waals surface area contributed by atoms with E-state index >= 15 is 0 Å². The van der Waals surface area contributed by atoms with Crippen LogP contribution in [0.4, 0.5) is 0 Å². The Labute approximate surface area is 530 Å². The molecule has 0 fully saturated rings. The van der Waals surface area contributed by atoms with Crippen molar-refractivity contribution >= 4 is 39.5 Å². The lowest BCUT2D eigenvalue weighted by atomic mass is 10.00. The predicted molar refractivity (Wildman–Crippen MR) is 349 cm³/mol. The van der Waals surface area contributed by atoms with Crippen LogP contribution in [0, 0.1) is 5.92 Å². The highest BCUT2D eigenvalue weighted by Crippen LogP contribution is 2.45. The van der Waals surface area contributed by atoms with Crippen LogP contribution >= 0.6 is 15.6 Å². The van der Waals surface area contributed by atoms with Gasteiger partial charge in [0.2, 0.25) is 0 Å². The molecule has 0 amide bonds. The summed E-state index contributed by atoms with van der Waals surface area (Å²) in [7, 11) is -9.89. The predicted octanol–water partition coefficient (Wildman–Crippen LogP) is 19.4. The van der Waals surface area contributed by atoms with Crippen LogP contribution in [0.2, 0.25) is 0 Å². The van der Waals surface area contributed by atoms with Gasteiger partial charge in [0.1, 0.15) is 19.3 Å². The highest BCUT2D eigenvalue weighted by Gasteiger charge is 2.30. The number of carbonyl (C=O) groups is 4. The normalized spacial score (nSPS) is 14.4. The number of phosphoric ester groups is 2. The molecule has 87 heavy (non-hydrogen) atoms. The number of phosphoric acid groups is 2. The van der Waals surface area contributed by atoms with Crippen molar-refractivity contribution in [1.82, 2.24) is 0 Å². The third-order valence-corrected chi connectivity index (χ3v) is 18.0. The molecule has 0 aromatic carbocycles. The molecular weight excluding hydrogens is 1150 g/mol. The first kappa shape index (κ1) is 85.1. The van der Waals surface area contributed by atoms with E-state index < -0.39 is 97.5 Å². The van der Waals surface area contributed by atoms with Crippen LogP contribution in [0.15, 0.2) is 0 Å². The fraction of sp³-hybridized carbons (Fsp3) is 0.941. The van der Waals surface area contributed by atoms with Crippen molar-refractivity contribution < 1.29 is 80.2 Å². The van der Waals surface area contributed by atoms with E-state index in [2.05, 4.69) is 34.6 Å². The average molecular weight is 1280 g/mol. The Bertz CT molecular complexity index is 1690. The molecule has 17 nitrogen and oxygen atoms in total. The van der Waals surface area contributed by atoms with Crippen molar-refractivity contribution in [3.63, 3.8) is 0 Å².